The van der Waals surface area contributed by atoms with E-state index in [9.17, 15) is 17.4 Å². The maximum absolute atomic E-state index is 12.0. The molecule has 0 radical (unpaired) electrons. The molecular formula is C4H3F3N2O3S. The first-order valence-corrected chi connectivity index (χ1v) is 3.84. The van der Waals surface area contributed by atoms with Crippen LogP contribution in [0.1, 0.15) is 5.82 Å². The molecule has 1 heterocycles. The molecule has 0 saturated carbocycles. The summed E-state index contributed by atoms with van der Waals surface area (Å²) in [7, 11) is 0. The zero-order chi connectivity index (χ0) is 10.1. The van der Waals surface area contributed by atoms with Crippen molar-refractivity contribution in [2.75, 3.05) is 0 Å². The van der Waals surface area contributed by atoms with Crippen LogP contribution in [0.2, 0.25) is 0 Å². The Balaban J connectivity index is 2.96. The van der Waals surface area contributed by atoms with Crippen LogP contribution < -0.4 is 4.28 Å². The van der Waals surface area contributed by atoms with E-state index in [4.69, 9.17) is 4.55 Å². The fourth-order valence-corrected chi connectivity index (χ4v) is 0.877. The van der Waals surface area contributed by atoms with E-state index in [1.54, 1.807) is 0 Å². The van der Waals surface area contributed by atoms with Crippen LogP contribution in [0.4, 0.5) is 13.2 Å². The Morgan fingerprint density at radius 3 is 2.69 bits per heavy atom. The highest BCUT2D eigenvalue weighted by atomic mass is 32.2. The van der Waals surface area contributed by atoms with E-state index in [2.05, 4.69) is 9.27 Å². The van der Waals surface area contributed by atoms with Crippen molar-refractivity contribution in [1.82, 2.24) is 9.71 Å². The van der Waals surface area contributed by atoms with Crippen molar-refractivity contribution in [1.29, 1.82) is 0 Å². The molecule has 9 heteroatoms. The predicted octanol–water partition coefficient (Wildman–Crippen LogP) is 0.467. The third-order valence-corrected chi connectivity index (χ3v) is 1.29. The van der Waals surface area contributed by atoms with Gasteiger partial charge in [0.05, 0.1) is 6.20 Å². The molecule has 5 nitrogen and oxygen atoms in total. The van der Waals surface area contributed by atoms with Crippen LogP contribution in [0, 0.1) is 0 Å². The number of halogens is 3. The van der Waals surface area contributed by atoms with Crippen LogP contribution in [-0.2, 0) is 17.5 Å². The van der Waals surface area contributed by atoms with Crippen LogP contribution in [0.3, 0.4) is 0 Å². The highest BCUT2D eigenvalue weighted by molar-refractivity contribution is 7.74. The minimum atomic E-state index is -4.72. The first-order valence-electron chi connectivity index (χ1n) is 2.81. The lowest BCUT2D eigenvalue weighted by molar-refractivity contribution is -0.151. The second kappa shape index (κ2) is 3.34. The van der Waals surface area contributed by atoms with Gasteiger partial charge in [-0.05, 0) is 0 Å². The van der Waals surface area contributed by atoms with Crippen molar-refractivity contribution < 1.29 is 26.2 Å². The average Bonchev–Trinajstić information content (AvgIpc) is 2.31. The highest BCUT2D eigenvalue weighted by Crippen LogP contribution is 2.26. The van der Waals surface area contributed by atoms with Gasteiger partial charge in [-0.1, -0.05) is 0 Å². The Kier molecular flexibility index (Phi) is 2.57. The first-order chi connectivity index (χ1) is 5.91. The molecule has 0 fully saturated rings. The summed E-state index contributed by atoms with van der Waals surface area (Å²) in [6.07, 6.45) is -3.14. The van der Waals surface area contributed by atoms with E-state index in [1.165, 1.54) is 0 Å². The Bertz CT molecular complexity index is 323. The van der Waals surface area contributed by atoms with Gasteiger partial charge in [0.2, 0.25) is 0 Å². The van der Waals surface area contributed by atoms with Crippen molar-refractivity contribution >= 4 is 11.4 Å². The summed E-state index contributed by atoms with van der Waals surface area (Å²) < 4.78 is 58.1. The van der Waals surface area contributed by atoms with E-state index in [0.717, 1.165) is 12.4 Å². The maximum atomic E-state index is 12.0. The molecule has 0 bridgehead atoms. The molecule has 1 unspecified atom stereocenters. The van der Waals surface area contributed by atoms with E-state index < -0.39 is 23.4 Å². The van der Waals surface area contributed by atoms with Crippen molar-refractivity contribution in [2.24, 2.45) is 0 Å². The Morgan fingerprint density at radius 2 is 2.23 bits per heavy atom. The third-order valence-electron chi connectivity index (χ3n) is 1.01. The molecule has 1 aromatic heterocycles. The topological polar surface area (TPSA) is 64.3 Å². The third kappa shape index (κ3) is 2.42. The van der Waals surface area contributed by atoms with Gasteiger partial charge in [0.1, 0.15) is 0 Å². The lowest BCUT2D eigenvalue weighted by Crippen LogP contribution is -2.21. The molecule has 13 heavy (non-hydrogen) atoms. The second-order valence-electron chi connectivity index (χ2n) is 1.87. The quantitative estimate of drug-likeness (QED) is 0.729. The minimum absolute atomic E-state index is 0.0795. The van der Waals surface area contributed by atoms with Crippen LogP contribution in [0.5, 0.6) is 0 Å². The van der Waals surface area contributed by atoms with Crippen molar-refractivity contribution in [3.8, 4) is 0 Å². The smallest absolute Gasteiger partial charge is 0.283 e. The molecule has 0 saturated heterocycles. The fourth-order valence-electron chi connectivity index (χ4n) is 0.619. The van der Waals surface area contributed by atoms with Gasteiger partial charge >= 0.3 is 17.5 Å². The largest absolute Gasteiger partial charge is 0.453 e. The molecule has 0 aromatic carbocycles. The minimum Gasteiger partial charge on any atom is -0.283 e. The Hall–Kier alpha value is -1.09. The zero-order valence-electron chi connectivity index (χ0n) is 5.85. The molecule has 1 atom stereocenters. The number of alkyl halides is 3. The number of nitrogens with zero attached hydrogens (tertiary/aromatic N) is 2. The zero-order valence-corrected chi connectivity index (χ0v) is 6.67. The molecular weight excluding hydrogens is 213 g/mol. The maximum Gasteiger partial charge on any atom is 0.453 e. The Morgan fingerprint density at radius 1 is 1.62 bits per heavy atom. The van der Waals surface area contributed by atoms with Gasteiger partial charge in [-0.25, -0.2) is 4.98 Å². The van der Waals surface area contributed by atoms with Crippen molar-refractivity contribution in [3.05, 3.63) is 18.2 Å². The number of aromatic nitrogens is 2. The van der Waals surface area contributed by atoms with Crippen LogP contribution in [-0.4, -0.2) is 18.5 Å². The normalized spacial score (nSPS) is 14.2. The average molecular weight is 216 g/mol. The van der Waals surface area contributed by atoms with Gasteiger partial charge in [-0.15, -0.1) is 4.73 Å². The molecule has 0 amide bonds. The molecule has 74 valence electrons. The summed E-state index contributed by atoms with van der Waals surface area (Å²) in [4.78, 5) is 2.91. The summed E-state index contributed by atoms with van der Waals surface area (Å²) in [6.45, 7) is 0. The summed E-state index contributed by atoms with van der Waals surface area (Å²) in [6, 6.07) is 0. The standard InChI is InChI=1S/C4H3F3N2O3S/c5-4(6,7)3-8-1-2-9(3)12-13(10)11/h1-2H,(H,10,11). The molecule has 0 aliphatic heterocycles. The van der Waals surface area contributed by atoms with Gasteiger partial charge in [-0.2, -0.15) is 17.4 Å². The van der Waals surface area contributed by atoms with Gasteiger partial charge in [0.25, 0.3) is 5.82 Å². The lowest BCUT2D eigenvalue weighted by Gasteiger charge is -2.06. The van der Waals surface area contributed by atoms with E-state index in [0.29, 0.717) is 0 Å². The fraction of sp³-hybridized carbons (Fsp3) is 0.250. The second-order valence-corrected chi connectivity index (χ2v) is 2.45. The SMILES string of the molecule is O=S(O)On1ccnc1C(F)(F)F. The monoisotopic (exact) mass is 216 g/mol. The van der Waals surface area contributed by atoms with Crippen molar-refractivity contribution in [3.63, 3.8) is 0 Å². The Labute approximate surface area is 72.6 Å². The van der Waals surface area contributed by atoms with Crippen LogP contribution in [0.15, 0.2) is 12.4 Å². The highest BCUT2D eigenvalue weighted by Gasteiger charge is 2.37. The first kappa shape index (κ1) is 9.99. The van der Waals surface area contributed by atoms with Gasteiger partial charge in [0.15, 0.2) is 0 Å². The van der Waals surface area contributed by atoms with Gasteiger partial charge in [-0.3, -0.25) is 8.84 Å². The number of imidazole rings is 1. The van der Waals surface area contributed by atoms with Crippen LogP contribution >= 0.6 is 0 Å². The molecule has 0 aliphatic carbocycles. The summed E-state index contributed by atoms with van der Waals surface area (Å²) >= 11 is -2.82. The van der Waals surface area contributed by atoms with Crippen molar-refractivity contribution in [2.45, 2.75) is 6.18 Å². The van der Waals surface area contributed by atoms with Crippen LogP contribution in [0.25, 0.3) is 0 Å². The molecule has 1 aromatic rings. The van der Waals surface area contributed by atoms with Gasteiger partial charge in [0, 0.05) is 6.20 Å². The number of rotatable bonds is 2. The molecule has 1 N–H and O–H groups in total. The van der Waals surface area contributed by atoms with E-state index >= 15 is 0 Å². The number of hydrogen-bond donors (Lipinski definition) is 1. The van der Waals surface area contributed by atoms with E-state index in [1.807, 2.05) is 0 Å². The predicted molar refractivity (Wildman–Crippen MR) is 34.6 cm³/mol. The summed E-state index contributed by atoms with van der Waals surface area (Å²) in [5, 5.41) is 0. The van der Waals surface area contributed by atoms with E-state index in [-0.39, 0.29) is 4.73 Å². The molecule has 0 spiro atoms. The summed E-state index contributed by atoms with van der Waals surface area (Å²) in [5.74, 6) is -1.39. The molecule has 0 aliphatic rings. The summed E-state index contributed by atoms with van der Waals surface area (Å²) in [5.41, 5.74) is 0. The molecule has 1 rings (SSSR count). The van der Waals surface area contributed by atoms with Gasteiger partial charge < -0.3 is 0 Å². The lowest BCUT2D eigenvalue weighted by atomic mass is 10.6. The number of hydrogen-bond acceptors (Lipinski definition) is 3.